The molecule has 1 fully saturated rings. The zero-order valence-corrected chi connectivity index (χ0v) is 18.4. The van der Waals surface area contributed by atoms with E-state index in [9.17, 15) is 4.79 Å². The van der Waals surface area contributed by atoms with E-state index in [1.54, 1.807) is 25.1 Å². The second kappa shape index (κ2) is 10.3. The summed E-state index contributed by atoms with van der Waals surface area (Å²) in [6.07, 6.45) is 1.77. The van der Waals surface area contributed by atoms with Crippen LogP contribution in [0.25, 0.3) is 16.9 Å². The molecule has 0 aliphatic carbocycles. The summed E-state index contributed by atoms with van der Waals surface area (Å²) in [5.74, 6) is 1.04. The second-order valence-electron chi connectivity index (χ2n) is 7.45. The largest absolute Gasteiger partial charge is 0.493 e. The molecule has 1 aliphatic heterocycles. The van der Waals surface area contributed by atoms with Crippen molar-refractivity contribution in [1.82, 2.24) is 20.0 Å². The Morgan fingerprint density at radius 2 is 1.81 bits per heavy atom. The first-order valence-electron chi connectivity index (χ1n) is 10.7. The van der Waals surface area contributed by atoms with Gasteiger partial charge >= 0.3 is 0 Å². The molecule has 0 bridgehead atoms. The van der Waals surface area contributed by atoms with Gasteiger partial charge in [0.05, 0.1) is 38.7 Å². The molecule has 1 aliphatic rings. The van der Waals surface area contributed by atoms with Gasteiger partial charge in [0.2, 0.25) is 0 Å². The third-order valence-electron chi connectivity index (χ3n) is 5.45. The average molecular weight is 437 g/mol. The molecule has 1 aromatic heterocycles. The summed E-state index contributed by atoms with van der Waals surface area (Å²) in [6.45, 7) is 4.59. The Balaban J connectivity index is 1.61. The molecular weight excluding hydrogens is 408 g/mol. The molecule has 2 heterocycles. The Labute approximate surface area is 187 Å². The fourth-order valence-electron chi connectivity index (χ4n) is 3.70. The summed E-state index contributed by atoms with van der Waals surface area (Å²) >= 11 is 0. The molecule has 1 amide bonds. The summed E-state index contributed by atoms with van der Waals surface area (Å²) in [4.78, 5) is 15.4. The third-order valence-corrected chi connectivity index (χ3v) is 5.45. The number of nitrogens with one attached hydrogen (secondary N) is 1. The Hall–Kier alpha value is -3.36. The van der Waals surface area contributed by atoms with Crippen molar-refractivity contribution in [2.75, 3.05) is 53.6 Å². The number of hydrogen-bond acceptors (Lipinski definition) is 6. The van der Waals surface area contributed by atoms with Crippen LogP contribution in [-0.4, -0.2) is 74.2 Å². The number of amides is 1. The highest BCUT2D eigenvalue weighted by Gasteiger charge is 2.20. The molecule has 32 heavy (non-hydrogen) atoms. The summed E-state index contributed by atoms with van der Waals surface area (Å²) < 4.78 is 17.9. The molecule has 168 valence electrons. The SMILES string of the molecule is COc1ccc(-c2nn(-c3ccccc3)cc2C(=O)NCCN2CCOCC2)cc1OC. The molecule has 0 atom stereocenters. The van der Waals surface area contributed by atoms with E-state index < -0.39 is 0 Å². The fourth-order valence-corrected chi connectivity index (χ4v) is 3.70. The Kier molecular flexibility index (Phi) is 7.03. The fraction of sp³-hybridized carbons (Fsp3) is 0.333. The van der Waals surface area contributed by atoms with Crippen LogP contribution in [-0.2, 0) is 4.74 Å². The van der Waals surface area contributed by atoms with Gasteiger partial charge < -0.3 is 19.5 Å². The van der Waals surface area contributed by atoms with Crippen LogP contribution in [0.5, 0.6) is 11.5 Å². The number of nitrogens with zero attached hydrogens (tertiary/aromatic N) is 3. The van der Waals surface area contributed by atoms with E-state index in [4.69, 9.17) is 19.3 Å². The van der Waals surface area contributed by atoms with Gasteiger partial charge in [0, 0.05) is 37.9 Å². The van der Waals surface area contributed by atoms with Gasteiger partial charge in [-0.1, -0.05) is 18.2 Å². The van der Waals surface area contributed by atoms with Crippen LogP contribution in [0.15, 0.2) is 54.7 Å². The Morgan fingerprint density at radius 1 is 1.06 bits per heavy atom. The van der Waals surface area contributed by atoms with Crippen molar-refractivity contribution >= 4 is 5.91 Å². The average Bonchev–Trinajstić information content (AvgIpc) is 3.30. The van der Waals surface area contributed by atoms with Crippen molar-refractivity contribution in [3.63, 3.8) is 0 Å². The van der Waals surface area contributed by atoms with Crippen molar-refractivity contribution in [3.05, 3.63) is 60.3 Å². The summed E-state index contributed by atoms with van der Waals surface area (Å²) in [7, 11) is 3.18. The molecule has 2 aromatic carbocycles. The Morgan fingerprint density at radius 3 is 2.53 bits per heavy atom. The van der Waals surface area contributed by atoms with Crippen LogP contribution in [0.1, 0.15) is 10.4 Å². The zero-order chi connectivity index (χ0) is 22.3. The van der Waals surface area contributed by atoms with Crippen LogP contribution in [0, 0.1) is 0 Å². The predicted molar refractivity (Wildman–Crippen MR) is 122 cm³/mol. The molecule has 8 heteroatoms. The van der Waals surface area contributed by atoms with Gasteiger partial charge in [0.15, 0.2) is 11.5 Å². The highest BCUT2D eigenvalue weighted by atomic mass is 16.5. The number of hydrogen-bond donors (Lipinski definition) is 1. The maximum Gasteiger partial charge on any atom is 0.255 e. The number of aromatic nitrogens is 2. The second-order valence-corrected chi connectivity index (χ2v) is 7.45. The lowest BCUT2D eigenvalue weighted by Gasteiger charge is -2.26. The van der Waals surface area contributed by atoms with Crippen molar-refractivity contribution in [1.29, 1.82) is 0 Å². The zero-order valence-electron chi connectivity index (χ0n) is 18.4. The van der Waals surface area contributed by atoms with Gasteiger partial charge in [0.25, 0.3) is 5.91 Å². The molecular formula is C24H28N4O4. The number of carbonyl (C=O) groups excluding carboxylic acids is 1. The van der Waals surface area contributed by atoms with E-state index in [1.165, 1.54) is 0 Å². The van der Waals surface area contributed by atoms with Gasteiger partial charge in [0.1, 0.15) is 5.69 Å². The molecule has 0 unspecified atom stereocenters. The van der Waals surface area contributed by atoms with E-state index in [0.717, 1.165) is 44.1 Å². The standard InChI is InChI=1S/C24H28N4O4/c1-30-21-9-8-18(16-22(21)31-2)23-20(17-28(26-23)19-6-4-3-5-7-19)24(29)25-10-11-27-12-14-32-15-13-27/h3-9,16-17H,10-15H2,1-2H3,(H,25,29). The lowest BCUT2D eigenvalue weighted by molar-refractivity contribution is 0.0383. The molecule has 3 aromatic rings. The van der Waals surface area contributed by atoms with Crippen molar-refractivity contribution in [3.8, 4) is 28.4 Å². The quantitative estimate of drug-likeness (QED) is 0.585. The number of carbonyl (C=O) groups is 1. The number of para-hydroxylation sites is 1. The maximum absolute atomic E-state index is 13.1. The van der Waals surface area contributed by atoms with E-state index in [2.05, 4.69) is 10.2 Å². The predicted octanol–water partition coefficient (Wildman–Crippen LogP) is 2.62. The van der Waals surface area contributed by atoms with E-state index >= 15 is 0 Å². The molecule has 0 radical (unpaired) electrons. The molecule has 1 N–H and O–H groups in total. The lowest BCUT2D eigenvalue weighted by Crippen LogP contribution is -2.41. The van der Waals surface area contributed by atoms with Gasteiger partial charge in [-0.05, 0) is 30.3 Å². The van der Waals surface area contributed by atoms with Crippen LogP contribution in [0.3, 0.4) is 0 Å². The first-order valence-corrected chi connectivity index (χ1v) is 10.7. The topological polar surface area (TPSA) is 77.9 Å². The van der Waals surface area contributed by atoms with Gasteiger partial charge in [-0.3, -0.25) is 9.69 Å². The number of rotatable bonds is 8. The first kappa shape index (κ1) is 21.9. The number of morpholine rings is 1. The minimum atomic E-state index is -0.162. The minimum absolute atomic E-state index is 0.162. The minimum Gasteiger partial charge on any atom is -0.493 e. The normalized spacial score (nSPS) is 14.2. The molecule has 8 nitrogen and oxygen atoms in total. The smallest absolute Gasteiger partial charge is 0.255 e. The summed E-state index contributed by atoms with van der Waals surface area (Å²) in [5, 5.41) is 7.77. The lowest BCUT2D eigenvalue weighted by atomic mass is 10.1. The van der Waals surface area contributed by atoms with Gasteiger partial charge in [-0.25, -0.2) is 4.68 Å². The van der Waals surface area contributed by atoms with Gasteiger partial charge in [-0.15, -0.1) is 0 Å². The summed E-state index contributed by atoms with van der Waals surface area (Å²) in [5.41, 5.74) is 2.74. The van der Waals surface area contributed by atoms with Crippen LogP contribution in [0.4, 0.5) is 0 Å². The van der Waals surface area contributed by atoms with E-state index in [0.29, 0.717) is 29.3 Å². The highest BCUT2D eigenvalue weighted by molar-refractivity contribution is 6.00. The van der Waals surface area contributed by atoms with E-state index in [1.807, 2.05) is 48.5 Å². The number of benzene rings is 2. The van der Waals surface area contributed by atoms with Gasteiger partial charge in [-0.2, -0.15) is 5.10 Å². The number of ether oxygens (including phenoxy) is 3. The van der Waals surface area contributed by atoms with Crippen LogP contribution < -0.4 is 14.8 Å². The number of methoxy groups -OCH3 is 2. The Bertz CT molecular complexity index is 1050. The monoisotopic (exact) mass is 436 g/mol. The molecule has 0 saturated carbocycles. The van der Waals surface area contributed by atoms with Crippen molar-refractivity contribution in [2.45, 2.75) is 0 Å². The molecule has 0 spiro atoms. The first-order chi connectivity index (χ1) is 15.7. The van der Waals surface area contributed by atoms with Crippen LogP contribution in [0.2, 0.25) is 0 Å². The molecule has 4 rings (SSSR count). The molecule has 1 saturated heterocycles. The third kappa shape index (κ3) is 4.92. The van der Waals surface area contributed by atoms with Crippen LogP contribution >= 0.6 is 0 Å². The van der Waals surface area contributed by atoms with Crippen molar-refractivity contribution < 1.29 is 19.0 Å². The van der Waals surface area contributed by atoms with Crippen molar-refractivity contribution in [2.24, 2.45) is 0 Å². The maximum atomic E-state index is 13.1. The van der Waals surface area contributed by atoms with E-state index in [-0.39, 0.29) is 5.91 Å². The highest BCUT2D eigenvalue weighted by Crippen LogP contribution is 2.33. The summed E-state index contributed by atoms with van der Waals surface area (Å²) in [6, 6.07) is 15.3.